The van der Waals surface area contributed by atoms with Gasteiger partial charge in [0.25, 0.3) is 0 Å². The van der Waals surface area contributed by atoms with E-state index in [1.54, 1.807) is 12.1 Å². The molecule has 24 heavy (non-hydrogen) atoms. The van der Waals surface area contributed by atoms with Crippen LogP contribution in [-0.4, -0.2) is 35.5 Å². The van der Waals surface area contributed by atoms with Crippen molar-refractivity contribution in [3.8, 4) is 0 Å². The van der Waals surface area contributed by atoms with Crippen LogP contribution in [0.15, 0.2) is 28.5 Å². The van der Waals surface area contributed by atoms with Gasteiger partial charge in [-0.3, -0.25) is 0 Å². The van der Waals surface area contributed by atoms with Gasteiger partial charge in [-0.1, -0.05) is 11.6 Å². The molecule has 4 nitrogen and oxygen atoms in total. The number of hydrogen-bond acceptors (Lipinski definition) is 6. The molecule has 1 aliphatic heterocycles. The summed E-state index contributed by atoms with van der Waals surface area (Å²) in [5.74, 6) is 0. The van der Waals surface area contributed by atoms with Crippen molar-refractivity contribution in [3.63, 3.8) is 0 Å². The van der Waals surface area contributed by atoms with Crippen LogP contribution in [0, 0.1) is 0 Å². The predicted molar refractivity (Wildman–Crippen MR) is 92.6 cm³/mol. The molecule has 1 fully saturated rings. The number of rotatable bonds is 3. The predicted octanol–water partition coefficient (Wildman–Crippen LogP) is 4.23. The van der Waals surface area contributed by atoms with E-state index in [1.165, 1.54) is 11.9 Å². The van der Waals surface area contributed by atoms with Crippen LogP contribution in [0.1, 0.15) is 5.69 Å². The maximum Gasteiger partial charge on any atom is 0.434 e. The fourth-order valence-electron chi connectivity index (χ4n) is 2.24. The van der Waals surface area contributed by atoms with E-state index in [9.17, 15) is 13.2 Å². The number of nitrogens with zero attached hydrogens (tertiary/aromatic N) is 3. The largest absolute Gasteiger partial charge is 0.434 e. The molecule has 0 unspecified atom stereocenters. The molecule has 2 heterocycles. The van der Waals surface area contributed by atoms with Crippen LogP contribution >= 0.6 is 34.9 Å². The maximum absolute atomic E-state index is 12.6. The van der Waals surface area contributed by atoms with Crippen LogP contribution in [0.25, 0.3) is 0 Å². The molecule has 1 saturated heterocycles. The normalized spacial score (nSPS) is 16.6. The molecule has 0 spiro atoms. The van der Waals surface area contributed by atoms with Crippen LogP contribution in [-0.2, 0) is 6.18 Å². The van der Waals surface area contributed by atoms with Crippen molar-refractivity contribution in [2.24, 2.45) is 0 Å². The van der Waals surface area contributed by atoms with Gasteiger partial charge in [0, 0.05) is 42.1 Å². The topological polar surface area (TPSA) is 45.4 Å². The lowest BCUT2D eigenvalue weighted by Gasteiger charge is -2.33. The number of piperazine rings is 1. The number of nitrogen functional groups attached to an aromatic ring is 1. The van der Waals surface area contributed by atoms with Gasteiger partial charge in [0.05, 0.1) is 5.02 Å². The Bertz CT molecular complexity index is 714. The first-order chi connectivity index (χ1) is 11.3. The van der Waals surface area contributed by atoms with Gasteiger partial charge in [-0.2, -0.15) is 13.2 Å². The average molecular weight is 395 g/mol. The molecule has 130 valence electrons. The summed E-state index contributed by atoms with van der Waals surface area (Å²) in [4.78, 5) is 6.48. The minimum atomic E-state index is -4.39. The highest BCUT2D eigenvalue weighted by Gasteiger charge is 2.34. The minimum absolute atomic E-state index is 0.414. The van der Waals surface area contributed by atoms with Gasteiger partial charge in [0.2, 0.25) is 0 Å². The second-order valence-corrected chi connectivity index (χ2v) is 7.59. The molecule has 0 amide bonds. The molecule has 1 aromatic heterocycles. The first kappa shape index (κ1) is 17.7. The zero-order chi connectivity index (χ0) is 17.3. The molecule has 0 bridgehead atoms. The molecule has 0 saturated carbocycles. The quantitative estimate of drug-likeness (QED) is 0.623. The molecular weight excluding hydrogens is 381 g/mol. The Kier molecular flexibility index (Phi) is 5.14. The minimum Gasteiger partial charge on any atom is -0.399 e. The number of thiazole rings is 1. The van der Waals surface area contributed by atoms with Crippen molar-refractivity contribution in [1.29, 1.82) is 0 Å². The standard InChI is InChI=1S/C14H14ClF3N4S2/c15-10-7-9(19)1-2-11(10)24-22-5-3-21(4-6-22)13-20-12(8-23-13)14(16,17)18/h1-2,7-8H,3-6,19H2. The molecule has 3 rings (SSSR count). The molecule has 1 aromatic carbocycles. The second kappa shape index (κ2) is 6.99. The van der Waals surface area contributed by atoms with E-state index < -0.39 is 11.9 Å². The van der Waals surface area contributed by atoms with Crippen LogP contribution in [0.3, 0.4) is 0 Å². The van der Waals surface area contributed by atoms with E-state index in [0.29, 0.717) is 42.0 Å². The van der Waals surface area contributed by atoms with E-state index in [2.05, 4.69) is 9.29 Å². The van der Waals surface area contributed by atoms with Gasteiger partial charge in [0.15, 0.2) is 10.8 Å². The highest BCUT2D eigenvalue weighted by molar-refractivity contribution is 7.97. The van der Waals surface area contributed by atoms with Gasteiger partial charge in [0.1, 0.15) is 0 Å². The zero-order valence-corrected chi connectivity index (χ0v) is 14.8. The smallest absolute Gasteiger partial charge is 0.399 e. The first-order valence-corrected chi connectivity index (χ1v) is 9.11. The Morgan fingerprint density at radius 2 is 1.92 bits per heavy atom. The highest BCUT2D eigenvalue weighted by atomic mass is 35.5. The van der Waals surface area contributed by atoms with E-state index in [4.69, 9.17) is 17.3 Å². The molecule has 10 heteroatoms. The van der Waals surface area contributed by atoms with Crippen LogP contribution in [0.4, 0.5) is 24.0 Å². The van der Waals surface area contributed by atoms with Crippen LogP contribution in [0.2, 0.25) is 5.02 Å². The molecule has 1 aliphatic rings. The number of alkyl halides is 3. The summed E-state index contributed by atoms with van der Waals surface area (Å²) in [5.41, 5.74) is 5.46. The monoisotopic (exact) mass is 394 g/mol. The first-order valence-electron chi connectivity index (χ1n) is 7.08. The summed E-state index contributed by atoms with van der Waals surface area (Å²) in [6.45, 7) is 2.63. The van der Waals surface area contributed by atoms with Gasteiger partial charge in [-0.05, 0) is 30.1 Å². The Morgan fingerprint density at radius 3 is 2.50 bits per heavy atom. The third-order valence-electron chi connectivity index (χ3n) is 3.48. The zero-order valence-electron chi connectivity index (χ0n) is 12.4. The summed E-state index contributed by atoms with van der Waals surface area (Å²) in [5, 5.41) is 2.07. The lowest BCUT2D eigenvalue weighted by Crippen LogP contribution is -2.43. The Labute approximate surface area is 150 Å². The van der Waals surface area contributed by atoms with Gasteiger partial charge >= 0.3 is 6.18 Å². The van der Waals surface area contributed by atoms with Crippen LogP contribution in [0.5, 0.6) is 0 Å². The molecule has 0 atom stereocenters. The number of aromatic nitrogens is 1. The summed E-state index contributed by atoms with van der Waals surface area (Å²) in [6.07, 6.45) is -4.39. The summed E-state index contributed by atoms with van der Waals surface area (Å²) < 4.78 is 40.0. The fourth-order valence-corrected chi connectivity index (χ4v) is 4.32. The molecule has 2 aromatic rings. The van der Waals surface area contributed by atoms with Gasteiger partial charge in [-0.25, -0.2) is 9.29 Å². The van der Waals surface area contributed by atoms with E-state index in [1.807, 2.05) is 11.0 Å². The lowest BCUT2D eigenvalue weighted by molar-refractivity contribution is -0.140. The summed E-state index contributed by atoms with van der Waals surface area (Å²) in [6, 6.07) is 5.36. The van der Waals surface area contributed by atoms with E-state index in [-0.39, 0.29) is 0 Å². The average Bonchev–Trinajstić information content (AvgIpc) is 3.01. The van der Waals surface area contributed by atoms with Gasteiger partial charge in [-0.15, -0.1) is 11.3 Å². The number of halogens is 4. The number of nitrogens with two attached hydrogens (primary N) is 1. The maximum atomic E-state index is 12.6. The Morgan fingerprint density at radius 1 is 1.21 bits per heavy atom. The third kappa shape index (κ3) is 4.08. The Hall–Kier alpha value is -1.16. The Balaban J connectivity index is 1.58. The number of anilines is 2. The lowest BCUT2D eigenvalue weighted by atomic mass is 10.3. The SMILES string of the molecule is Nc1ccc(SN2CCN(c3nc(C(F)(F)F)cs3)CC2)c(Cl)c1. The molecule has 2 N–H and O–H groups in total. The second-order valence-electron chi connectivity index (χ2n) is 5.21. The third-order valence-corrected chi connectivity index (χ3v) is 5.98. The van der Waals surface area contributed by atoms with Crippen molar-refractivity contribution >= 4 is 45.7 Å². The van der Waals surface area contributed by atoms with Crippen molar-refractivity contribution in [2.45, 2.75) is 11.1 Å². The van der Waals surface area contributed by atoms with Crippen molar-refractivity contribution in [1.82, 2.24) is 9.29 Å². The molecule has 0 radical (unpaired) electrons. The van der Waals surface area contributed by atoms with Gasteiger partial charge < -0.3 is 10.6 Å². The molecular formula is C14H14ClF3N4S2. The number of benzene rings is 1. The summed E-state index contributed by atoms with van der Waals surface area (Å²) in [7, 11) is 0. The van der Waals surface area contributed by atoms with Crippen molar-refractivity contribution < 1.29 is 13.2 Å². The highest BCUT2D eigenvalue weighted by Crippen LogP contribution is 2.35. The van der Waals surface area contributed by atoms with Crippen LogP contribution < -0.4 is 10.6 Å². The van der Waals surface area contributed by atoms with Crippen molar-refractivity contribution in [2.75, 3.05) is 36.8 Å². The van der Waals surface area contributed by atoms with E-state index >= 15 is 0 Å². The van der Waals surface area contributed by atoms with E-state index in [0.717, 1.165) is 21.6 Å². The number of hydrogen-bond donors (Lipinski definition) is 1. The molecule has 0 aliphatic carbocycles. The fraction of sp³-hybridized carbons (Fsp3) is 0.357. The van der Waals surface area contributed by atoms with Crippen molar-refractivity contribution in [3.05, 3.63) is 34.3 Å². The summed E-state index contributed by atoms with van der Waals surface area (Å²) >= 11 is 8.72.